The van der Waals surface area contributed by atoms with Gasteiger partial charge in [-0.05, 0) is 37.3 Å². The van der Waals surface area contributed by atoms with Gasteiger partial charge < -0.3 is 9.47 Å². The van der Waals surface area contributed by atoms with Gasteiger partial charge in [0.05, 0.1) is 33.1 Å². The van der Waals surface area contributed by atoms with E-state index in [2.05, 4.69) is 4.98 Å². The molecule has 7 nitrogen and oxygen atoms in total. The number of para-hydroxylation sites is 2. The summed E-state index contributed by atoms with van der Waals surface area (Å²) in [5.41, 5.74) is 2.00. The van der Waals surface area contributed by atoms with Gasteiger partial charge in [0.15, 0.2) is 0 Å². The summed E-state index contributed by atoms with van der Waals surface area (Å²) in [4.78, 5) is 19.2. The van der Waals surface area contributed by atoms with Crippen molar-refractivity contribution >= 4 is 38.6 Å². The van der Waals surface area contributed by atoms with Crippen LogP contribution < -0.4 is 0 Å². The Morgan fingerprint density at radius 1 is 1.14 bits per heavy atom. The Balaban J connectivity index is 1.93. The van der Waals surface area contributed by atoms with E-state index in [4.69, 9.17) is 11.6 Å². The first-order valence-electron chi connectivity index (χ1n) is 9.08. The summed E-state index contributed by atoms with van der Waals surface area (Å²) in [5, 5.41) is 0.198. The van der Waals surface area contributed by atoms with Crippen LogP contribution >= 0.6 is 11.6 Å². The van der Waals surface area contributed by atoms with Crippen LogP contribution in [-0.4, -0.2) is 54.2 Å². The highest BCUT2D eigenvalue weighted by Gasteiger charge is 2.23. The number of aromatic nitrogens is 2. The fraction of sp³-hybridized carbons (Fsp3) is 0.300. The van der Waals surface area contributed by atoms with Crippen molar-refractivity contribution in [2.45, 2.75) is 24.9 Å². The summed E-state index contributed by atoms with van der Waals surface area (Å²) in [6.07, 6.45) is 0. The molecule has 154 valence electrons. The first-order valence-corrected chi connectivity index (χ1v) is 10.9. The van der Waals surface area contributed by atoms with Crippen LogP contribution in [0.4, 0.5) is 0 Å². The van der Waals surface area contributed by atoms with E-state index in [1.807, 2.05) is 35.8 Å². The number of benzene rings is 2. The fourth-order valence-electron chi connectivity index (χ4n) is 3.13. The molecule has 0 aliphatic rings. The summed E-state index contributed by atoms with van der Waals surface area (Å²) in [5.74, 6) is 0.373. The maximum absolute atomic E-state index is 13.0. The largest absolute Gasteiger partial charge is 0.334 e. The molecule has 3 aromatic rings. The SMILES string of the molecule is CCn1c(CN(C)C(=O)c2cc(S(=O)(=O)N(C)C)ccc2Cl)nc2ccccc21. The second-order valence-corrected chi connectivity index (χ2v) is 9.41. The van der Waals surface area contributed by atoms with Crippen molar-refractivity contribution in [1.82, 2.24) is 18.8 Å². The topological polar surface area (TPSA) is 75.5 Å². The summed E-state index contributed by atoms with van der Waals surface area (Å²) in [6, 6.07) is 11.9. The summed E-state index contributed by atoms with van der Waals surface area (Å²) in [6.45, 7) is 3.00. The Hall–Kier alpha value is -2.42. The standard InChI is InChI=1S/C20H23ClN4O3S/c1-5-25-18-9-7-6-8-17(18)22-19(25)13-24(4)20(26)15-12-14(10-11-16(15)21)29(27,28)23(2)3/h6-12H,5,13H2,1-4H3. The van der Waals surface area contributed by atoms with Gasteiger partial charge in [-0.2, -0.15) is 0 Å². The number of amides is 1. The van der Waals surface area contributed by atoms with Crippen molar-refractivity contribution < 1.29 is 13.2 Å². The van der Waals surface area contributed by atoms with Crippen LogP contribution in [0.3, 0.4) is 0 Å². The van der Waals surface area contributed by atoms with Crippen molar-refractivity contribution in [2.24, 2.45) is 0 Å². The quantitative estimate of drug-likeness (QED) is 0.596. The molecule has 0 radical (unpaired) electrons. The van der Waals surface area contributed by atoms with Crippen molar-refractivity contribution in [3.8, 4) is 0 Å². The van der Waals surface area contributed by atoms with Gasteiger partial charge in [0, 0.05) is 27.7 Å². The Morgan fingerprint density at radius 3 is 2.48 bits per heavy atom. The van der Waals surface area contributed by atoms with Crippen LogP contribution in [0.15, 0.2) is 47.4 Å². The highest BCUT2D eigenvalue weighted by atomic mass is 35.5. The van der Waals surface area contributed by atoms with Gasteiger partial charge in [-0.3, -0.25) is 4.79 Å². The maximum atomic E-state index is 13.0. The van der Waals surface area contributed by atoms with E-state index in [9.17, 15) is 13.2 Å². The van der Waals surface area contributed by atoms with Gasteiger partial charge in [-0.25, -0.2) is 17.7 Å². The number of carbonyl (C=O) groups excluding carboxylic acids is 1. The molecule has 29 heavy (non-hydrogen) atoms. The zero-order chi connectivity index (χ0) is 21.3. The van der Waals surface area contributed by atoms with E-state index in [1.165, 1.54) is 37.2 Å². The maximum Gasteiger partial charge on any atom is 0.255 e. The number of nitrogens with zero attached hydrogens (tertiary/aromatic N) is 4. The van der Waals surface area contributed by atoms with Gasteiger partial charge in [-0.1, -0.05) is 23.7 Å². The Kier molecular flexibility index (Phi) is 5.97. The lowest BCUT2D eigenvalue weighted by atomic mass is 10.2. The Labute approximate surface area is 175 Å². The zero-order valence-electron chi connectivity index (χ0n) is 16.8. The van der Waals surface area contributed by atoms with Gasteiger partial charge in [0.2, 0.25) is 10.0 Å². The molecule has 0 atom stereocenters. The zero-order valence-corrected chi connectivity index (χ0v) is 18.3. The molecule has 0 aliphatic carbocycles. The molecule has 2 aromatic carbocycles. The molecule has 1 amide bonds. The van der Waals surface area contributed by atoms with Crippen LogP contribution in [-0.2, 0) is 23.1 Å². The van der Waals surface area contributed by atoms with E-state index >= 15 is 0 Å². The number of carbonyl (C=O) groups is 1. The minimum Gasteiger partial charge on any atom is -0.334 e. The van der Waals surface area contributed by atoms with Crippen LogP contribution in [0, 0.1) is 0 Å². The molecular weight excluding hydrogens is 412 g/mol. The van der Waals surface area contributed by atoms with E-state index in [1.54, 1.807) is 7.05 Å². The molecule has 0 N–H and O–H groups in total. The van der Waals surface area contributed by atoms with E-state index in [0.29, 0.717) is 0 Å². The molecular formula is C20H23ClN4O3S. The molecule has 3 rings (SSSR count). The van der Waals surface area contributed by atoms with Crippen LogP contribution in [0.25, 0.3) is 11.0 Å². The molecule has 1 aromatic heterocycles. The van der Waals surface area contributed by atoms with E-state index in [-0.39, 0.29) is 27.9 Å². The third-order valence-corrected chi connectivity index (χ3v) is 6.86. The normalized spacial score (nSPS) is 11.9. The molecule has 0 spiro atoms. The predicted molar refractivity (Wildman–Crippen MR) is 114 cm³/mol. The average molecular weight is 435 g/mol. The van der Waals surface area contributed by atoms with Gasteiger partial charge in [0.1, 0.15) is 5.82 Å². The smallest absolute Gasteiger partial charge is 0.255 e. The lowest BCUT2D eigenvalue weighted by molar-refractivity contribution is 0.0780. The second kappa shape index (κ2) is 8.14. The van der Waals surface area contributed by atoms with Crippen LogP contribution in [0.5, 0.6) is 0 Å². The Morgan fingerprint density at radius 2 is 1.83 bits per heavy atom. The first-order chi connectivity index (χ1) is 13.7. The summed E-state index contributed by atoms with van der Waals surface area (Å²) < 4.78 is 28.0. The van der Waals surface area contributed by atoms with Gasteiger partial charge >= 0.3 is 0 Å². The number of hydrogen-bond acceptors (Lipinski definition) is 4. The van der Waals surface area contributed by atoms with Gasteiger partial charge in [-0.15, -0.1) is 0 Å². The molecule has 0 bridgehead atoms. The van der Waals surface area contributed by atoms with Crippen LogP contribution in [0.1, 0.15) is 23.1 Å². The molecule has 1 heterocycles. The molecule has 0 saturated carbocycles. The molecule has 0 unspecified atom stereocenters. The molecule has 0 fully saturated rings. The third kappa shape index (κ3) is 4.01. The minimum absolute atomic E-state index is 0.0180. The number of halogens is 1. The van der Waals surface area contributed by atoms with Crippen molar-refractivity contribution in [3.05, 3.63) is 58.9 Å². The fourth-order valence-corrected chi connectivity index (χ4v) is 4.25. The minimum atomic E-state index is -3.67. The van der Waals surface area contributed by atoms with Crippen molar-refractivity contribution in [2.75, 3.05) is 21.1 Å². The number of hydrogen-bond donors (Lipinski definition) is 0. The number of rotatable bonds is 6. The number of sulfonamides is 1. The highest BCUT2D eigenvalue weighted by Crippen LogP contribution is 2.24. The summed E-state index contributed by atoms with van der Waals surface area (Å²) >= 11 is 6.21. The third-order valence-electron chi connectivity index (χ3n) is 4.72. The monoisotopic (exact) mass is 434 g/mol. The van der Waals surface area contributed by atoms with E-state index in [0.717, 1.165) is 27.7 Å². The average Bonchev–Trinajstić information content (AvgIpc) is 3.04. The lowest BCUT2D eigenvalue weighted by Gasteiger charge is -2.19. The van der Waals surface area contributed by atoms with Crippen LogP contribution in [0.2, 0.25) is 5.02 Å². The van der Waals surface area contributed by atoms with Crippen molar-refractivity contribution in [1.29, 1.82) is 0 Å². The van der Waals surface area contributed by atoms with E-state index < -0.39 is 10.0 Å². The molecule has 9 heteroatoms. The second-order valence-electron chi connectivity index (χ2n) is 6.85. The highest BCUT2D eigenvalue weighted by molar-refractivity contribution is 7.89. The predicted octanol–water partition coefficient (Wildman–Crippen LogP) is 3.23. The number of fused-ring (bicyclic) bond motifs is 1. The Bertz CT molecular complexity index is 1170. The molecule has 0 aliphatic heterocycles. The van der Waals surface area contributed by atoms with Crippen molar-refractivity contribution in [3.63, 3.8) is 0 Å². The van der Waals surface area contributed by atoms with Gasteiger partial charge in [0.25, 0.3) is 5.91 Å². The first kappa shape index (κ1) is 21.3. The number of imidazole rings is 1. The molecule has 0 saturated heterocycles. The lowest BCUT2D eigenvalue weighted by Crippen LogP contribution is -2.28. The summed E-state index contributed by atoms with van der Waals surface area (Å²) in [7, 11) is 0.844. The number of aryl methyl sites for hydroxylation is 1.